The van der Waals surface area contributed by atoms with E-state index in [4.69, 9.17) is 23.2 Å². The summed E-state index contributed by atoms with van der Waals surface area (Å²) in [4.78, 5) is 35.8. The predicted molar refractivity (Wildman–Crippen MR) is 94.8 cm³/mol. The van der Waals surface area contributed by atoms with Gasteiger partial charge in [0.05, 0.1) is 15.6 Å². The highest BCUT2D eigenvalue weighted by atomic mass is 35.5. The first-order valence-corrected chi connectivity index (χ1v) is 8.16. The Hall–Kier alpha value is -2.64. The van der Waals surface area contributed by atoms with Gasteiger partial charge in [-0.1, -0.05) is 35.3 Å². The van der Waals surface area contributed by atoms with Crippen LogP contribution in [0, 0.1) is 5.82 Å². The van der Waals surface area contributed by atoms with Gasteiger partial charge in [0, 0.05) is 5.69 Å². The lowest BCUT2D eigenvalue weighted by molar-refractivity contribution is -0.123. The smallest absolute Gasteiger partial charge is 0.322 e. The van der Waals surface area contributed by atoms with Gasteiger partial charge in [-0.3, -0.25) is 14.9 Å². The number of carbonyl (C=O) groups is 3. The molecule has 2 aromatic rings. The molecule has 9 heteroatoms. The van der Waals surface area contributed by atoms with E-state index in [2.05, 4.69) is 16.0 Å². The van der Waals surface area contributed by atoms with Gasteiger partial charge >= 0.3 is 6.03 Å². The van der Waals surface area contributed by atoms with Crippen molar-refractivity contribution < 1.29 is 18.8 Å². The highest BCUT2D eigenvalue weighted by molar-refractivity contribution is 6.37. The van der Waals surface area contributed by atoms with E-state index in [0.29, 0.717) is 11.3 Å². The van der Waals surface area contributed by atoms with Gasteiger partial charge in [0.15, 0.2) is 0 Å². The Morgan fingerprint density at radius 3 is 2.54 bits per heavy atom. The Morgan fingerprint density at radius 1 is 1.15 bits per heavy atom. The van der Waals surface area contributed by atoms with E-state index in [9.17, 15) is 18.8 Å². The van der Waals surface area contributed by atoms with Crippen molar-refractivity contribution >= 4 is 46.7 Å². The molecule has 1 heterocycles. The number of hydrogen-bond donors (Lipinski definition) is 3. The van der Waals surface area contributed by atoms with Gasteiger partial charge in [-0.05, 0) is 36.8 Å². The molecule has 1 fully saturated rings. The lowest BCUT2D eigenvalue weighted by Gasteiger charge is -2.21. The predicted octanol–water partition coefficient (Wildman–Crippen LogP) is 3.44. The molecule has 26 heavy (non-hydrogen) atoms. The number of nitrogens with one attached hydrogen (secondary N) is 3. The largest absolute Gasteiger partial charge is 0.322 e. The van der Waals surface area contributed by atoms with Gasteiger partial charge in [-0.25, -0.2) is 9.18 Å². The molecule has 134 valence electrons. The Balaban J connectivity index is 1.88. The van der Waals surface area contributed by atoms with E-state index in [1.165, 1.54) is 6.07 Å². The van der Waals surface area contributed by atoms with Crippen LogP contribution in [-0.2, 0) is 10.3 Å². The molecule has 0 bridgehead atoms. The highest BCUT2D eigenvalue weighted by Gasteiger charge is 2.43. The second-order valence-electron chi connectivity index (χ2n) is 5.81. The first-order valence-electron chi connectivity index (χ1n) is 7.41. The average Bonchev–Trinajstić information content (AvgIpc) is 2.84. The minimum Gasteiger partial charge on any atom is -0.322 e. The third-order valence-corrected chi connectivity index (χ3v) is 4.60. The lowest BCUT2D eigenvalue weighted by Crippen LogP contribution is -2.40. The first-order chi connectivity index (χ1) is 12.2. The molecule has 0 radical (unpaired) electrons. The maximum atomic E-state index is 13.6. The number of rotatable bonds is 3. The molecule has 6 nitrogen and oxygen atoms in total. The van der Waals surface area contributed by atoms with Crippen LogP contribution in [0.2, 0.25) is 10.0 Å². The van der Waals surface area contributed by atoms with Gasteiger partial charge in [-0.15, -0.1) is 0 Å². The molecule has 0 aromatic heterocycles. The molecule has 0 saturated carbocycles. The van der Waals surface area contributed by atoms with Crippen LogP contribution < -0.4 is 16.0 Å². The molecule has 3 N–H and O–H groups in total. The monoisotopic (exact) mass is 395 g/mol. The van der Waals surface area contributed by atoms with E-state index in [-0.39, 0.29) is 15.6 Å². The van der Waals surface area contributed by atoms with Crippen molar-refractivity contribution in [2.45, 2.75) is 12.5 Å². The summed E-state index contributed by atoms with van der Waals surface area (Å²) in [6.07, 6.45) is 0. The standard InChI is InChI=1S/C17H12Cl2FN3O3/c1-17(15(25)22-16(26)23-17)8-3-2-4-9(5-8)21-14(24)10-6-13(20)12(19)7-11(10)18/h2-7H,1H3,(H,21,24)(H2,22,23,25,26)/t17-/m0/s1. The van der Waals surface area contributed by atoms with Crippen LogP contribution in [0.25, 0.3) is 0 Å². The number of urea groups is 1. The van der Waals surface area contributed by atoms with Crippen LogP contribution in [0.1, 0.15) is 22.8 Å². The summed E-state index contributed by atoms with van der Waals surface area (Å²) in [6.45, 7) is 1.54. The maximum absolute atomic E-state index is 13.6. The zero-order valence-electron chi connectivity index (χ0n) is 13.3. The fourth-order valence-electron chi connectivity index (χ4n) is 2.55. The minimum atomic E-state index is -1.26. The molecule has 4 amide bonds. The molecule has 3 rings (SSSR count). The number of imide groups is 1. The number of halogens is 3. The third kappa shape index (κ3) is 3.23. The highest BCUT2D eigenvalue weighted by Crippen LogP contribution is 2.28. The second-order valence-corrected chi connectivity index (χ2v) is 6.63. The van der Waals surface area contributed by atoms with Crippen molar-refractivity contribution in [2.24, 2.45) is 0 Å². The van der Waals surface area contributed by atoms with Crippen LogP contribution in [0.3, 0.4) is 0 Å². The quantitative estimate of drug-likeness (QED) is 0.549. The number of amides is 4. The van der Waals surface area contributed by atoms with Crippen LogP contribution in [0.15, 0.2) is 36.4 Å². The molecule has 0 spiro atoms. The van der Waals surface area contributed by atoms with Crippen molar-refractivity contribution in [2.75, 3.05) is 5.32 Å². The Morgan fingerprint density at radius 2 is 1.88 bits per heavy atom. The summed E-state index contributed by atoms with van der Waals surface area (Å²) in [5.41, 5.74) is -0.541. The van der Waals surface area contributed by atoms with Crippen molar-refractivity contribution in [1.82, 2.24) is 10.6 Å². The fourth-order valence-corrected chi connectivity index (χ4v) is 3.02. The van der Waals surface area contributed by atoms with E-state index < -0.39 is 29.2 Å². The molecular formula is C17H12Cl2FN3O3. The van der Waals surface area contributed by atoms with Gasteiger partial charge in [0.1, 0.15) is 11.4 Å². The number of benzene rings is 2. The zero-order chi connectivity index (χ0) is 19.1. The van der Waals surface area contributed by atoms with Crippen LogP contribution in [0.5, 0.6) is 0 Å². The SMILES string of the molecule is C[C@@]1(c2cccc(NC(=O)c3cc(F)c(Cl)cc3Cl)c2)NC(=O)NC1=O. The van der Waals surface area contributed by atoms with Crippen LogP contribution in [-0.4, -0.2) is 17.8 Å². The second kappa shape index (κ2) is 6.59. The lowest BCUT2D eigenvalue weighted by atomic mass is 9.92. The first kappa shape index (κ1) is 18.2. The van der Waals surface area contributed by atoms with Gasteiger partial charge in [0.2, 0.25) is 0 Å². The topological polar surface area (TPSA) is 87.3 Å². The molecule has 1 atom stereocenters. The molecule has 0 unspecified atom stereocenters. The molecule has 1 aliphatic rings. The molecule has 1 saturated heterocycles. The van der Waals surface area contributed by atoms with E-state index >= 15 is 0 Å². The minimum absolute atomic E-state index is 0.000509. The van der Waals surface area contributed by atoms with Gasteiger partial charge in [-0.2, -0.15) is 0 Å². The third-order valence-electron chi connectivity index (χ3n) is 4.00. The van der Waals surface area contributed by atoms with Crippen molar-refractivity contribution in [3.05, 3.63) is 63.4 Å². The zero-order valence-corrected chi connectivity index (χ0v) is 14.8. The number of hydrogen-bond acceptors (Lipinski definition) is 3. The summed E-state index contributed by atoms with van der Waals surface area (Å²) in [7, 11) is 0. The molecule has 0 aliphatic carbocycles. The maximum Gasteiger partial charge on any atom is 0.322 e. The Bertz CT molecular complexity index is 951. The van der Waals surface area contributed by atoms with E-state index in [0.717, 1.165) is 12.1 Å². The van der Waals surface area contributed by atoms with Crippen molar-refractivity contribution in [3.63, 3.8) is 0 Å². The van der Waals surface area contributed by atoms with Gasteiger partial charge < -0.3 is 10.6 Å². The normalized spacial score (nSPS) is 19.1. The van der Waals surface area contributed by atoms with E-state index in [1.54, 1.807) is 25.1 Å². The van der Waals surface area contributed by atoms with Gasteiger partial charge in [0.25, 0.3) is 11.8 Å². The summed E-state index contributed by atoms with van der Waals surface area (Å²) in [6, 6.07) is 7.84. The summed E-state index contributed by atoms with van der Waals surface area (Å²) in [5.74, 6) is -1.92. The molecule has 2 aromatic carbocycles. The van der Waals surface area contributed by atoms with Crippen molar-refractivity contribution in [3.8, 4) is 0 Å². The Labute approximate surface area is 157 Å². The average molecular weight is 396 g/mol. The molecule has 1 aliphatic heterocycles. The van der Waals surface area contributed by atoms with E-state index in [1.807, 2.05) is 0 Å². The number of anilines is 1. The Kier molecular flexibility index (Phi) is 4.60. The van der Waals surface area contributed by atoms with Crippen molar-refractivity contribution in [1.29, 1.82) is 0 Å². The summed E-state index contributed by atoms with van der Waals surface area (Å²) in [5, 5.41) is 7.08. The van der Waals surface area contributed by atoms with Crippen LogP contribution >= 0.6 is 23.2 Å². The fraction of sp³-hybridized carbons (Fsp3) is 0.118. The summed E-state index contributed by atoms with van der Waals surface area (Å²) < 4.78 is 13.6. The summed E-state index contributed by atoms with van der Waals surface area (Å²) >= 11 is 11.6. The van der Waals surface area contributed by atoms with Crippen LogP contribution in [0.4, 0.5) is 14.9 Å². The molecular weight excluding hydrogens is 384 g/mol. The number of carbonyl (C=O) groups excluding carboxylic acids is 3.